The highest BCUT2D eigenvalue weighted by atomic mass is 16.3. The van der Waals surface area contributed by atoms with Gasteiger partial charge in [0.2, 0.25) is 0 Å². The first-order chi connectivity index (χ1) is 9.04. The third kappa shape index (κ3) is 2.93. The lowest BCUT2D eigenvalue weighted by molar-refractivity contribution is 0.127. The van der Waals surface area contributed by atoms with Gasteiger partial charge in [-0.3, -0.25) is 4.90 Å². The van der Waals surface area contributed by atoms with Gasteiger partial charge in [0, 0.05) is 24.8 Å². The molecule has 0 aliphatic carbocycles. The highest BCUT2D eigenvalue weighted by molar-refractivity contribution is 5.59. The molecule has 1 heterocycles. The van der Waals surface area contributed by atoms with E-state index in [-0.39, 0.29) is 12.6 Å². The number of para-hydroxylation sites is 1. The molecular formula is C16H26N2O. The Bertz CT molecular complexity index is 413. The molecule has 0 bridgehead atoms. The van der Waals surface area contributed by atoms with Crippen molar-refractivity contribution in [2.45, 2.75) is 39.3 Å². The summed E-state index contributed by atoms with van der Waals surface area (Å²) in [5.74, 6) is 0. The minimum atomic E-state index is 0.219. The Hall–Kier alpha value is -1.06. The molecule has 2 atom stereocenters. The number of anilines is 1. The topological polar surface area (TPSA) is 26.7 Å². The lowest BCUT2D eigenvalue weighted by Crippen LogP contribution is -2.44. The zero-order valence-corrected chi connectivity index (χ0v) is 12.6. The maximum absolute atomic E-state index is 9.64. The van der Waals surface area contributed by atoms with E-state index in [0.29, 0.717) is 6.04 Å². The molecule has 3 nitrogen and oxygen atoms in total. The summed E-state index contributed by atoms with van der Waals surface area (Å²) in [5, 5.41) is 9.64. The molecule has 3 heteroatoms. The van der Waals surface area contributed by atoms with E-state index in [1.54, 1.807) is 0 Å². The van der Waals surface area contributed by atoms with E-state index in [1.807, 2.05) is 0 Å². The molecule has 1 aliphatic heterocycles. The molecule has 0 aromatic heterocycles. The van der Waals surface area contributed by atoms with E-state index >= 15 is 0 Å². The van der Waals surface area contributed by atoms with E-state index in [0.717, 1.165) is 19.5 Å². The van der Waals surface area contributed by atoms with Crippen LogP contribution in [0.4, 0.5) is 5.69 Å². The molecule has 1 saturated heterocycles. The number of aliphatic hydroxyl groups is 1. The number of hydrogen-bond donors (Lipinski definition) is 1. The van der Waals surface area contributed by atoms with Crippen LogP contribution < -0.4 is 4.90 Å². The van der Waals surface area contributed by atoms with Crippen molar-refractivity contribution < 1.29 is 5.11 Å². The van der Waals surface area contributed by atoms with Crippen LogP contribution in [0.5, 0.6) is 0 Å². The fourth-order valence-electron chi connectivity index (χ4n) is 3.07. The van der Waals surface area contributed by atoms with E-state index in [2.05, 4.69) is 55.8 Å². The number of aryl methyl sites for hydroxylation is 2. The lowest BCUT2D eigenvalue weighted by atomic mass is 10.1. The first kappa shape index (κ1) is 14.4. The molecule has 0 spiro atoms. The fourth-order valence-corrected chi connectivity index (χ4v) is 3.07. The monoisotopic (exact) mass is 262 g/mol. The van der Waals surface area contributed by atoms with Crippen molar-refractivity contribution in [3.05, 3.63) is 29.3 Å². The molecule has 0 radical (unpaired) electrons. The van der Waals surface area contributed by atoms with E-state index < -0.39 is 0 Å². The highest BCUT2D eigenvalue weighted by Crippen LogP contribution is 2.27. The number of likely N-dealkylation sites (N-methyl/N-ethyl adjacent to an activating group) is 1. The number of nitrogens with zero attached hydrogens (tertiary/aromatic N) is 2. The zero-order chi connectivity index (χ0) is 14.0. The third-order valence-corrected chi connectivity index (χ3v) is 4.49. The Morgan fingerprint density at radius 1 is 1.26 bits per heavy atom. The molecule has 1 aromatic carbocycles. The summed E-state index contributed by atoms with van der Waals surface area (Å²) in [4.78, 5) is 4.76. The molecular weight excluding hydrogens is 236 g/mol. The molecule has 2 unspecified atom stereocenters. The van der Waals surface area contributed by atoms with E-state index in [1.165, 1.54) is 16.8 Å². The number of hydrogen-bond acceptors (Lipinski definition) is 3. The van der Waals surface area contributed by atoms with Gasteiger partial charge in [-0.05, 0) is 45.4 Å². The fraction of sp³-hybridized carbons (Fsp3) is 0.625. The average Bonchev–Trinajstić information content (AvgIpc) is 2.52. The van der Waals surface area contributed by atoms with Crippen LogP contribution in [0.25, 0.3) is 0 Å². The SMILES string of the molecule is Cc1cccc(C)c1N1CCC(C)N(C)C(CO)C1. The summed E-state index contributed by atoms with van der Waals surface area (Å²) < 4.78 is 0. The average molecular weight is 262 g/mol. The van der Waals surface area contributed by atoms with Gasteiger partial charge in [-0.25, -0.2) is 0 Å². The quantitative estimate of drug-likeness (QED) is 0.885. The van der Waals surface area contributed by atoms with Crippen molar-refractivity contribution in [1.29, 1.82) is 0 Å². The van der Waals surface area contributed by atoms with Crippen LogP contribution in [0.1, 0.15) is 24.5 Å². The number of aliphatic hydroxyl groups excluding tert-OH is 1. The second kappa shape index (κ2) is 5.93. The van der Waals surface area contributed by atoms with Crippen molar-refractivity contribution in [2.75, 3.05) is 31.6 Å². The first-order valence-corrected chi connectivity index (χ1v) is 7.18. The van der Waals surface area contributed by atoms with Crippen molar-refractivity contribution in [2.24, 2.45) is 0 Å². The van der Waals surface area contributed by atoms with Crippen LogP contribution in [0, 0.1) is 13.8 Å². The maximum atomic E-state index is 9.64. The Labute approximate surface area is 116 Å². The molecule has 2 rings (SSSR count). The molecule has 19 heavy (non-hydrogen) atoms. The van der Waals surface area contributed by atoms with Crippen molar-refractivity contribution in [3.63, 3.8) is 0 Å². The van der Waals surface area contributed by atoms with E-state index in [4.69, 9.17) is 0 Å². The molecule has 1 N–H and O–H groups in total. The summed E-state index contributed by atoms with van der Waals surface area (Å²) in [6.07, 6.45) is 1.14. The van der Waals surface area contributed by atoms with Gasteiger partial charge in [-0.2, -0.15) is 0 Å². The van der Waals surface area contributed by atoms with Crippen LogP contribution >= 0.6 is 0 Å². The van der Waals surface area contributed by atoms with Gasteiger partial charge in [0.1, 0.15) is 0 Å². The Balaban J connectivity index is 2.29. The van der Waals surface area contributed by atoms with Gasteiger partial charge in [-0.15, -0.1) is 0 Å². The Kier molecular flexibility index (Phi) is 4.48. The predicted molar refractivity (Wildman–Crippen MR) is 80.8 cm³/mol. The lowest BCUT2D eigenvalue weighted by Gasteiger charge is -2.32. The van der Waals surface area contributed by atoms with Gasteiger partial charge < -0.3 is 10.0 Å². The summed E-state index contributed by atoms with van der Waals surface area (Å²) in [7, 11) is 2.12. The Morgan fingerprint density at radius 3 is 2.47 bits per heavy atom. The van der Waals surface area contributed by atoms with Crippen LogP contribution in [0.15, 0.2) is 18.2 Å². The summed E-state index contributed by atoms with van der Waals surface area (Å²) in [6, 6.07) is 7.20. The molecule has 1 fully saturated rings. The van der Waals surface area contributed by atoms with Crippen LogP contribution in [0.3, 0.4) is 0 Å². The van der Waals surface area contributed by atoms with E-state index in [9.17, 15) is 5.11 Å². The van der Waals surface area contributed by atoms with Crippen molar-refractivity contribution in [1.82, 2.24) is 4.90 Å². The molecule has 0 saturated carbocycles. The normalized spacial score (nSPS) is 25.4. The van der Waals surface area contributed by atoms with Crippen LogP contribution in [-0.2, 0) is 0 Å². The second-order valence-electron chi connectivity index (χ2n) is 5.83. The second-order valence-corrected chi connectivity index (χ2v) is 5.83. The molecule has 0 amide bonds. The molecule has 1 aliphatic rings. The van der Waals surface area contributed by atoms with Gasteiger partial charge in [0.05, 0.1) is 12.6 Å². The highest BCUT2D eigenvalue weighted by Gasteiger charge is 2.27. The summed E-state index contributed by atoms with van der Waals surface area (Å²) in [5.41, 5.74) is 4.01. The number of benzene rings is 1. The zero-order valence-electron chi connectivity index (χ0n) is 12.6. The summed E-state index contributed by atoms with van der Waals surface area (Å²) >= 11 is 0. The third-order valence-electron chi connectivity index (χ3n) is 4.49. The summed E-state index contributed by atoms with van der Waals surface area (Å²) in [6.45, 7) is 8.79. The van der Waals surface area contributed by atoms with Gasteiger partial charge in [-0.1, -0.05) is 18.2 Å². The minimum Gasteiger partial charge on any atom is -0.395 e. The van der Waals surface area contributed by atoms with Crippen LogP contribution in [-0.4, -0.2) is 48.8 Å². The first-order valence-electron chi connectivity index (χ1n) is 7.18. The van der Waals surface area contributed by atoms with Gasteiger partial charge >= 0.3 is 0 Å². The van der Waals surface area contributed by atoms with Gasteiger partial charge in [0.25, 0.3) is 0 Å². The van der Waals surface area contributed by atoms with Crippen LogP contribution in [0.2, 0.25) is 0 Å². The largest absolute Gasteiger partial charge is 0.395 e. The van der Waals surface area contributed by atoms with Gasteiger partial charge in [0.15, 0.2) is 0 Å². The predicted octanol–water partition coefficient (Wildman–Crippen LogP) is 2.19. The smallest absolute Gasteiger partial charge is 0.0604 e. The molecule has 1 aromatic rings. The number of rotatable bonds is 2. The maximum Gasteiger partial charge on any atom is 0.0604 e. The standard InChI is InChI=1S/C16H26N2O/c1-12-6-5-7-13(2)16(12)18-9-8-14(3)17(4)15(10-18)11-19/h5-7,14-15,19H,8-11H2,1-4H3. The van der Waals surface area contributed by atoms with Crippen molar-refractivity contribution >= 4 is 5.69 Å². The Morgan fingerprint density at radius 2 is 1.89 bits per heavy atom. The minimum absolute atomic E-state index is 0.219. The molecule has 106 valence electrons. The van der Waals surface area contributed by atoms with Crippen molar-refractivity contribution in [3.8, 4) is 0 Å².